The predicted octanol–water partition coefficient (Wildman–Crippen LogP) is 3.01. The van der Waals surface area contributed by atoms with Crippen LogP contribution >= 0.6 is 0 Å². The van der Waals surface area contributed by atoms with Gasteiger partial charge in [-0.15, -0.1) is 0 Å². The maximum atomic E-state index is 12.3. The van der Waals surface area contributed by atoms with Crippen molar-refractivity contribution in [2.75, 3.05) is 13.1 Å². The zero-order chi connectivity index (χ0) is 17.4. The first kappa shape index (κ1) is 16.6. The van der Waals surface area contributed by atoms with Crippen molar-refractivity contribution in [3.63, 3.8) is 0 Å². The summed E-state index contributed by atoms with van der Waals surface area (Å²) in [6, 6.07) is 7.13. The Morgan fingerprint density at radius 3 is 2.80 bits per heavy atom. The van der Waals surface area contributed by atoms with Gasteiger partial charge < -0.3 is 9.30 Å². The Morgan fingerprint density at radius 1 is 1.20 bits per heavy atom. The minimum Gasteiger partial charge on any atom is -0.338 e. The Kier molecular flexibility index (Phi) is 4.50. The number of likely N-dealkylation sites (tertiary alicyclic amines) is 2. The Labute approximate surface area is 149 Å². The SMILES string of the molecule is CCC(=O)N1CCC[C@H]1[C@H]1CCCN1Cc1cn2c(C)cccc2n1. The smallest absolute Gasteiger partial charge is 0.222 e. The average molecular weight is 340 g/mol. The maximum Gasteiger partial charge on any atom is 0.222 e. The highest BCUT2D eigenvalue weighted by Gasteiger charge is 2.39. The van der Waals surface area contributed by atoms with E-state index in [2.05, 4.69) is 45.5 Å². The number of nitrogens with zero attached hydrogens (tertiary/aromatic N) is 4. The fourth-order valence-corrected chi connectivity index (χ4v) is 4.67. The first-order chi connectivity index (χ1) is 12.2. The summed E-state index contributed by atoms with van der Waals surface area (Å²) in [6.45, 7) is 7.03. The van der Waals surface area contributed by atoms with Crippen LogP contribution in [0.1, 0.15) is 50.4 Å². The molecule has 25 heavy (non-hydrogen) atoms. The number of fused-ring (bicyclic) bond motifs is 1. The van der Waals surface area contributed by atoms with Gasteiger partial charge in [0.05, 0.1) is 5.69 Å². The van der Waals surface area contributed by atoms with Crippen LogP contribution in [0.4, 0.5) is 0 Å². The van der Waals surface area contributed by atoms with Gasteiger partial charge in [-0.1, -0.05) is 13.0 Å². The zero-order valence-corrected chi connectivity index (χ0v) is 15.3. The van der Waals surface area contributed by atoms with Gasteiger partial charge in [-0.25, -0.2) is 4.98 Å². The number of pyridine rings is 1. The Bertz CT molecular complexity index is 768. The average Bonchev–Trinajstić information content (AvgIpc) is 3.33. The molecule has 0 unspecified atom stereocenters. The number of aromatic nitrogens is 2. The van der Waals surface area contributed by atoms with E-state index < -0.39 is 0 Å². The quantitative estimate of drug-likeness (QED) is 0.859. The molecule has 0 aromatic carbocycles. The molecule has 0 spiro atoms. The number of hydrogen-bond donors (Lipinski definition) is 0. The van der Waals surface area contributed by atoms with Gasteiger partial charge in [-0.2, -0.15) is 0 Å². The normalized spacial score (nSPS) is 24.5. The van der Waals surface area contributed by atoms with Crippen LogP contribution in [0.25, 0.3) is 5.65 Å². The molecule has 0 N–H and O–H groups in total. The van der Waals surface area contributed by atoms with Crippen LogP contribution in [0.15, 0.2) is 24.4 Å². The molecular weight excluding hydrogens is 312 g/mol. The molecule has 0 saturated carbocycles. The molecule has 4 heterocycles. The van der Waals surface area contributed by atoms with Crippen molar-refractivity contribution in [3.05, 3.63) is 35.8 Å². The monoisotopic (exact) mass is 340 g/mol. The van der Waals surface area contributed by atoms with Crippen molar-refractivity contribution in [3.8, 4) is 0 Å². The molecule has 2 aliphatic rings. The van der Waals surface area contributed by atoms with E-state index in [1.165, 1.54) is 18.5 Å². The van der Waals surface area contributed by atoms with E-state index in [0.29, 0.717) is 24.4 Å². The van der Waals surface area contributed by atoms with Crippen LogP contribution in [-0.2, 0) is 11.3 Å². The van der Waals surface area contributed by atoms with Crippen molar-refractivity contribution < 1.29 is 4.79 Å². The van der Waals surface area contributed by atoms with Gasteiger partial charge in [0.15, 0.2) is 0 Å². The molecule has 4 rings (SSSR count). The van der Waals surface area contributed by atoms with Crippen LogP contribution in [0.5, 0.6) is 0 Å². The molecule has 5 heteroatoms. The van der Waals surface area contributed by atoms with Crippen LogP contribution in [0.2, 0.25) is 0 Å². The second-order valence-corrected chi connectivity index (χ2v) is 7.46. The number of rotatable bonds is 4. The van der Waals surface area contributed by atoms with E-state index in [0.717, 1.165) is 43.8 Å². The summed E-state index contributed by atoms with van der Waals surface area (Å²) in [7, 11) is 0. The topological polar surface area (TPSA) is 40.9 Å². The lowest BCUT2D eigenvalue weighted by molar-refractivity contribution is -0.132. The van der Waals surface area contributed by atoms with E-state index in [-0.39, 0.29) is 0 Å². The number of imidazole rings is 1. The molecule has 2 saturated heterocycles. The molecule has 5 nitrogen and oxygen atoms in total. The first-order valence-corrected chi connectivity index (χ1v) is 9.64. The number of amides is 1. The third kappa shape index (κ3) is 3.06. The summed E-state index contributed by atoms with van der Waals surface area (Å²) < 4.78 is 2.17. The maximum absolute atomic E-state index is 12.3. The van der Waals surface area contributed by atoms with E-state index in [4.69, 9.17) is 4.98 Å². The van der Waals surface area contributed by atoms with Crippen LogP contribution in [0, 0.1) is 6.92 Å². The van der Waals surface area contributed by atoms with E-state index in [1.54, 1.807) is 0 Å². The molecular formula is C20H28N4O. The van der Waals surface area contributed by atoms with Gasteiger partial charge in [0.2, 0.25) is 5.91 Å². The van der Waals surface area contributed by atoms with E-state index in [1.807, 2.05) is 6.92 Å². The van der Waals surface area contributed by atoms with Gasteiger partial charge in [0, 0.05) is 43.5 Å². The summed E-state index contributed by atoms with van der Waals surface area (Å²) in [4.78, 5) is 21.8. The lowest BCUT2D eigenvalue weighted by atomic mass is 10.0. The van der Waals surface area contributed by atoms with E-state index in [9.17, 15) is 4.79 Å². The summed E-state index contributed by atoms with van der Waals surface area (Å²) in [5.41, 5.74) is 3.37. The molecule has 0 radical (unpaired) electrons. The lowest BCUT2D eigenvalue weighted by Gasteiger charge is -2.34. The Balaban J connectivity index is 1.53. The lowest BCUT2D eigenvalue weighted by Crippen LogP contribution is -2.47. The fraction of sp³-hybridized carbons (Fsp3) is 0.600. The molecule has 1 amide bonds. The summed E-state index contributed by atoms with van der Waals surface area (Å²) in [6.07, 6.45) is 7.51. The standard InChI is InChI=1S/C20H28N4O/c1-3-20(25)23-12-6-9-18(23)17-8-5-11-22(17)13-16-14-24-15(2)7-4-10-19(24)21-16/h4,7,10,14,17-18H,3,5-6,8-9,11-13H2,1-2H3/t17-,18+/m1/s1. The molecule has 2 fully saturated rings. The molecule has 2 aromatic heterocycles. The van der Waals surface area contributed by atoms with Crippen molar-refractivity contribution in [1.82, 2.24) is 19.2 Å². The summed E-state index contributed by atoms with van der Waals surface area (Å²) >= 11 is 0. The van der Waals surface area contributed by atoms with Crippen molar-refractivity contribution in [2.24, 2.45) is 0 Å². The Morgan fingerprint density at radius 2 is 2.00 bits per heavy atom. The van der Waals surface area contributed by atoms with Crippen molar-refractivity contribution in [2.45, 2.75) is 64.6 Å². The van der Waals surface area contributed by atoms with Crippen molar-refractivity contribution >= 4 is 11.6 Å². The number of carbonyl (C=O) groups excluding carboxylic acids is 1. The molecule has 134 valence electrons. The first-order valence-electron chi connectivity index (χ1n) is 9.64. The fourth-order valence-electron chi connectivity index (χ4n) is 4.67. The minimum absolute atomic E-state index is 0.317. The number of aryl methyl sites for hydroxylation is 1. The third-order valence-corrected chi connectivity index (χ3v) is 5.89. The number of hydrogen-bond acceptors (Lipinski definition) is 3. The second-order valence-electron chi connectivity index (χ2n) is 7.46. The van der Waals surface area contributed by atoms with Gasteiger partial charge in [-0.05, 0) is 51.3 Å². The highest BCUT2D eigenvalue weighted by Crippen LogP contribution is 2.31. The summed E-state index contributed by atoms with van der Waals surface area (Å²) in [5, 5.41) is 0. The second kappa shape index (κ2) is 6.79. The van der Waals surface area contributed by atoms with Crippen LogP contribution < -0.4 is 0 Å². The third-order valence-electron chi connectivity index (χ3n) is 5.89. The van der Waals surface area contributed by atoms with Crippen LogP contribution in [0.3, 0.4) is 0 Å². The predicted molar refractivity (Wildman–Crippen MR) is 98.4 cm³/mol. The highest BCUT2D eigenvalue weighted by atomic mass is 16.2. The number of carbonyl (C=O) groups is 1. The van der Waals surface area contributed by atoms with Crippen LogP contribution in [-0.4, -0.2) is 50.3 Å². The Hall–Kier alpha value is -1.88. The molecule has 0 bridgehead atoms. The zero-order valence-electron chi connectivity index (χ0n) is 15.3. The van der Waals surface area contributed by atoms with Gasteiger partial charge >= 0.3 is 0 Å². The molecule has 0 aliphatic carbocycles. The van der Waals surface area contributed by atoms with Gasteiger partial charge in [-0.3, -0.25) is 9.69 Å². The minimum atomic E-state index is 0.317. The van der Waals surface area contributed by atoms with Crippen molar-refractivity contribution in [1.29, 1.82) is 0 Å². The highest BCUT2D eigenvalue weighted by molar-refractivity contribution is 5.76. The molecule has 2 atom stereocenters. The van der Waals surface area contributed by atoms with Gasteiger partial charge in [0.25, 0.3) is 0 Å². The summed E-state index contributed by atoms with van der Waals surface area (Å²) in [5.74, 6) is 0.317. The van der Waals surface area contributed by atoms with Gasteiger partial charge in [0.1, 0.15) is 5.65 Å². The molecule has 2 aromatic rings. The van der Waals surface area contributed by atoms with E-state index >= 15 is 0 Å². The largest absolute Gasteiger partial charge is 0.338 e. The molecule has 2 aliphatic heterocycles.